The highest BCUT2D eigenvalue weighted by Gasteiger charge is 2.27. The summed E-state index contributed by atoms with van der Waals surface area (Å²) in [6, 6.07) is 0. The molecule has 82 valence electrons. The average molecular weight is 212 g/mol. The normalized spacial score (nSPS) is 31.2. The van der Waals surface area contributed by atoms with Gasteiger partial charge in [-0.1, -0.05) is 30.4 Å². The largest absolute Gasteiger partial charge is 0.295 e. The second-order valence-electron chi connectivity index (χ2n) is 4.95. The van der Waals surface area contributed by atoms with Crippen LogP contribution in [0, 0.1) is 11.8 Å². The quantitative estimate of drug-likeness (QED) is 0.651. The highest BCUT2D eigenvalue weighted by Crippen LogP contribution is 2.41. The highest BCUT2D eigenvalue weighted by molar-refractivity contribution is 5.94. The van der Waals surface area contributed by atoms with Gasteiger partial charge in [0, 0.05) is 11.5 Å². The highest BCUT2D eigenvalue weighted by atomic mass is 16.1. The van der Waals surface area contributed by atoms with Gasteiger partial charge in [0.15, 0.2) is 5.78 Å². The molecule has 1 nitrogen and oxygen atoms in total. The monoisotopic (exact) mass is 212 g/mol. The number of carbonyl (C=O) groups excluding carboxylic acids is 1. The van der Waals surface area contributed by atoms with Crippen molar-refractivity contribution in [3.05, 3.63) is 47.1 Å². The minimum absolute atomic E-state index is 0.218. The van der Waals surface area contributed by atoms with E-state index >= 15 is 0 Å². The van der Waals surface area contributed by atoms with E-state index in [9.17, 15) is 4.79 Å². The maximum Gasteiger partial charge on any atom is 0.156 e. The summed E-state index contributed by atoms with van der Waals surface area (Å²) in [5, 5.41) is 0. The molecule has 1 saturated carbocycles. The van der Waals surface area contributed by atoms with Crippen molar-refractivity contribution in [2.75, 3.05) is 0 Å². The Labute approximate surface area is 96.2 Å². The van der Waals surface area contributed by atoms with Gasteiger partial charge >= 0.3 is 0 Å². The second-order valence-corrected chi connectivity index (χ2v) is 4.95. The number of Topliss-reactive ketones (excluding diaryl/α,β-unsaturated/α-hetero) is 1. The SMILES string of the molecule is CC(=O)C1=CC=CC2C=C3CCC3=CC1C2. The fraction of sp³-hybridized carbons (Fsp3) is 0.400. The molecule has 0 aromatic heterocycles. The fourth-order valence-electron chi connectivity index (χ4n) is 2.88. The molecule has 1 fully saturated rings. The molecule has 0 aliphatic heterocycles. The Balaban J connectivity index is 2.02. The zero-order valence-corrected chi connectivity index (χ0v) is 9.57. The van der Waals surface area contributed by atoms with Crippen molar-refractivity contribution in [1.82, 2.24) is 0 Å². The Bertz CT molecular complexity index is 460. The Morgan fingerprint density at radius 1 is 1.25 bits per heavy atom. The van der Waals surface area contributed by atoms with Crippen molar-refractivity contribution in [1.29, 1.82) is 0 Å². The molecule has 2 unspecified atom stereocenters. The molecule has 3 aliphatic rings. The molecule has 2 atom stereocenters. The van der Waals surface area contributed by atoms with Crippen molar-refractivity contribution in [3.8, 4) is 0 Å². The Morgan fingerprint density at radius 2 is 2.00 bits per heavy atom. The standard InChI is InChI=1S/C15H16O/c1-10(16)15-4-2-3-11-7-12-5-6-13(12)9-14(15)8-11/h2-4,7,9,11,14H,5-6,8H2,1H3. The van der Waals surface area contributed by atoms with Gasteiger partial charge in [-0.3, -0.25) is 4.79 Å². The number of rotatable bonds is 1. The summed E-state index contributed by atoms with van der Waals surface area (Å²) in [6.45, 7) is 1.68. The lowest BCUT2D eigenvalue weighted by Crippen LogP contribution is -2.11. The predicted octanol–water partition coefficient (Wildman–Crippen LogP) is 3.35. The van der Waals surface area contributed by atoms with Crippen molar-refractivity contribution in [2.24, 2.45) is 11.8 Å². The first kappa shape index (κ1) is 9.83. The van der Waals surface area contributed by atoms with Crippen molar-refractivity contribution < 1.29 is 4.79 Å². The first-order chi connectivity index (χ1) is 7.74. The maximum absolute atomic E-state index is 11.6. The maximum atomic E-state index is 11.6. The number of fused-ring (bicyclic) bond motifs is 3. The molecule has 0 aromatic carbocycles. The summed E-state index contributed by atoms with van der Waals surface area (Å²) < 4.78 is 0. The van der Waals surface area contributed by atoms with Gasteiger partial charge < -0.3 is 0 Å². The molecule has 0 heterocycles. The van der Waals surface area contributed by atoms with Crippen molar-refractivity contribution in [2.45, 2.75) is 26.2 Å². The minimum Gasteiger partial charge on any atom is -0.295 e. The van der Waals surface area contributed by atoms with Crippen LogP contribution in [0.2, 0.25) is 0 Å². The number of ketones is 1. The van der Waals surface area contributed by atoms with Crippen LogP contribution < -0.4 is 0 Å². The summed E-state index contributed by atoms with van der Waals surface area (Å²) in [7, 11) is 0. The average Bonchev–Trinajstić information content (AvgIpc) is 2.48. The molecule has 16 heavy (non-hydrogen) atoms. The van der Waals surface area contributed by atoms with Crippen LogP contribution in [0.5, 0.6) is 0 Å². The van der Waals surface area contributed by atoms with E-state index in [0.717, 1.165) is 12.0 Å². The van der Waals surface area contributed by atoms with Crippen LogP contribution in [0.4, 0.5) is 0 Å². The molecule has 3 rings (SSSR count). The van der Waals surface area contributed by atoms with Crippen LogP contribution in [0.15, 0.2) is 47.1 Å². The summed E-state index contributed by atoms with van der Waals surface area (Å²) in [5.74, 6) is 1.07. The predicted molar refractivity (Wildman–Crippen MR) is 64.9 cm³/mol. The molecular weight excluding hydrogens is 196 g/mol. The van der Waals surface area contributed by atoms with E-state index in [1.807, 2.05) is 6.08 Å². The third-order valence-corrected chi connectivity index (χ3v) is 3.86. The van der Waals surface area contributed by atoms with E-state index in [0.29, 0.717) is 11.8 Å². The Kier molecular flexibility index (Phi) is 2.20. The molecule has 2 bridgehead atoms. The Hall–Kier alpha value is -1.37. The van der Waals surface area contributed by atoms with E-state index in [2.05, 4.69) is 24.3 Å². The lowest BCUT2D eigenvalue weighted by molar-refractivity contribution is -0.114. The molecular formula is C15H16O. The zero-order chi connectivity index (χ0) is 11.1. The van der Waals surface area contributed by atoms with Gasteiger partial charge in [-0.2, -0.15) is 0 Å². The Morgan fingerprint density at radius 3 is 2.69 bits per heavy atom. The molecule has 0 saturated heterocycles. The van der Waals surface area contributed by atoms with Gasteiger partial charge in [-0.25, -0.2) is 0 Å². The number of carbonyl (C=O) groups is 1. The van der Waals surface area contributed by atoms with Crippen LogP contribution in [0.3, 0.4) is 0 Å². The van der Waals surface area contributed by atoms with Crippen LogP contribution in [-0.2, 0) is 4.79 Å². The van der Waals surface area contributed by atoms with Crippen LogP contribution >= 0.6 is 0 Å². The molecule has 0 radical (unpaired) electrons. The van der Waals surface area contributed by atoms with E-state index < -0.39 is 0 Å². The fourth-order valence-corrected chi connectivity index (χ4v) is 2.88. The number of allylic oxidation sites excluding steroid dienone is 8. The van der Waals surface area contributed by atoms with Gasteiger partial charge in [-0.05, 0) is 43.3 Å². The molecule has 0 spiro atoms. The zero-order valence-electron chi connectivity index (χ0n) is 9.57. The van der Waals surface area contributed by atoms with Gasteiger partial charge in [0.05, 0.1) is 0 Å². The third kappa shape index (κ3) is 1.51. The summed E-state index contributed by atoms with van der Waals surface area (Å²) >= 11 is 0. The lowest BCUT2D eigenvalue weighted by atomic mass is 9.83. The lowest BCUT2D eigenvalue weighted by Gasteiger charge is -2.22. The number of hydrogen-bond acceptors (Lipinski definition) is 1. The topological polar surface area (TPSA) is 17.1 Å². The van der Waals surface area contributed by atoms with Crippen molar-refractivity contribution in [3.63, 3.8) is 0 Å². The van der Waals surface area contributed by atoms with Gasteiger partial charge in [0.25, 0.3) is 0 Å². The summed E-state index contributed by atoms with van der Waals surface area (Å²) in [4.78, 5) is 11.6. The first-order valence-electron chi connectivity index (χ1n) is 6.05. The molecule has 1 heteroatoms. The minimum atomic E-state index is 0.218. The molecule has 0 amide bonds. The molecule has 0 aromatic rings. The molecule has 0 N–H and O–H groups in total. The second kappa shape index (κ2) is 3.58. The molecule has 3 aliphatic carbocycles. The van der Waals surface area contributed by atoms with Crippen molar-refractivity contribution >= 4 is 5.78 Å². The van der Waals surface area contributed by atoms with Gasteiger partial charge in [-0.15, -0.1) is 0 Å². The van der Waals surface area contributed by atoms with E-state index in [1.54, 1.807) is 6.92 Å². The smallest absolute Gasteiger partial charge is 0.156 e. The van der Waals surface area contributed by atoms with Crippen LogP contribution in [-0.4, -0.2) is 5.78 Å². The van der Waals surface area contributed by atoms with E-state index in [1.165, 1.54) is 24.0 Å². The first-order valence-corrected chi connectivity index (χ1v) is 6.05. The van der Waals surface area contributed by atoms with Gasteiger partial charge in [0.2, 0.25) is 0 Å². The summed E-state index contributed by atoms with van der Waals surface area (Å²) in [5.41, 5.74) is 3.98. The van der Waals surface area contributed by atoms with Gasteiger partial charge in [0.1, 0.15) is 0 Å². The third-order valence-electron chi connectivity index (χ3n) is 3.86. The number of hydrogen-bond donors (Lipinski definition) is 0. The van der Waals surface area contributed by atoms with E-state index in [-0.39, 0.29) is 5.78 Å². The van der Waals surface area contributed by atoms with E-state index in [4.69, 9.17) is 0 Å². The summed E-state index contributed by atoms with van der Waals surface area (Å²) in [6.07, 6.45) is 14.5. The van der Waals surface area contributed by atoms with Crippen LogP contribution in [0.1, 0.15) is 26.2 Å². The van der Waals surface area contributed by atoms with Crippen LogP contribution in [0.25, 0.3) is 0 Å².